The molecule has 0 aliphatic carbocycles. The van der Waals surface area contributed by atoms with Crippen LogP contribution >= 0.6 is 27.5 Å². The lowest BCUT2D eigenvalue weighted by atomic mass is 10.1. The van der Waals surface area contributed by atoms with E-state index in [1.807, 2.05) is 31.2 Å². The number of hydrogen-bond donors (Lipinski definition) is 0. The Morgan fingerprint density at radius 1 is 1.13 bits per heavy atom. The van der Waals surface area contributed by atoms with Crippen LogP contribution in [0.25, 0.3) is 11.3 Å². The van der Waals surface area contributed by atoms with E-state index in [0.29, 0.717) is 11.0 Å². The molecule has 0 fully saturated rings. The molecule has 4 heteroatoms. The molecule has 15 heavy (non-hydrogen) atoms. The minimum absolute atomic E-state index is 0.473. The van der Waals surface area contributed by atoms with Crippen molar-refractivity contribution in [1.82, 2.24) is 9.97 Å². The zero-order chi connectivity index (χ0) is 10.8. The van der Waals surface area contributed by atoms with Gasteiger partial charge in [0.05, 0.1) is 5.69 Å². The number of aryl methyl sites for hydroxylation is 1. The molecule has 0 aliphatic rings. The fraction of sp³-hybridized carbons (Fsp3) is 0.0909. The van der Waals surface area contributed by atoms with Crippen LogP contribution in [0.15, 0.2) is 34.8 Å². The summed E-state index contributed by atoms with van der Waals surface area (Å²) in [4.78, 5) is 8.35. The van der Waals surface area contributed by atoms with Gasteiger partial charge in [-0.2, -0.15) is 0 Å². The third-order valence-electron chi connectivity index (χ3n) is 1.95. The first-order valence-electron chi connectivity index (χ1n) is 4.42. The van der Waals surface area contributed by atoms with Gasteiger partial charge >= 0.3 is 0 Å². The Morgan fingerprint density at radius 2 is 1.80 bits per heavy atom. The van der Waals surface area contributed by atoms with E-state index in [-0.39, 0.29) is 0 Å². The van der Waals surface area contributed by atoms with E-state index in [4.69, 9.17) is 11.6 Å². The Hall–Kier alpha value is -0.930. The summed E-state index contributed by atoms with van der Waals surface area (Å²) in [5, 5.41) is 0.473. The fourth-order valence-electron chi connectivity index (χ4n) is 1.30. The minimum atomic E-state index is 0.473. The van der Waals surface area contributed by atoms with Gasteiger partial charge in [0, 0.05) is 16.1 Å². The Labute approximate surface area is 101 Å². The molecule has 0 amide bonds. The van der Waals surface area contributed by atoms with Crippen molar-refractivity contribution < 1.29 is 0 Å². The molecule has 0 radical (unpaired) electrons. The van der Waals surface area contributed by atoms with Crippen LogP contribution in [0.2, 0.25) is 5.15 Å². The normalized spacial score (nSPS) is 10.3. The highest BCUT2D eigenvalue weighted by atomic mass is 79.9. The minimum Gasteiger partial charge on any atom is -0.233 e. The van der Waals surface area contributed by atoms with E-state index in [2.05, 4.69) is 25.9 Å². The van der Waals surface area contributed by atoms with Crippen molar-refractivity contribution in [2.45, 2.75) is 6.92 Å². The molecule has 2 nitrogen and oxygen atoms in total. The highest BCUT2D eigenvalue weighted by molar-refractivity contribution is 9.10. The number of hydrogen-bond acceptors (Lipinski definition) is 2. The SMILES string of the molecule is Cc1nc(Cl)cc(-c2ccc(Br)cc2)n1. The molecule has 1 aromatic heterocycles. The second kappa shape index (κ2) is 4.29. The summed E-state index contributed by atoms with van der Waals surface area (Å²) in [5.41, 5.74) is 1.88. The standard InChI is InChI=1S/C11H8BrClN2/c1-7-14-10(6-11(13)15-7)8-2-4-9(12)5-3-8/h2-6H,1H3. The van der Waals surface area contributed by atoms with Crippen molar-refractivity contribution in [2.75, 3.05) is 0 Å². The van der Waals surface area contributed by atoms with E-state index in [1.54, 1.807) is 6.07 Å². The van der Waals surface area contributed by atoms with Crippen molar-refractivity contribution in [2.24, 2.45) is 0 Å². The fourth-order valence-corrected chi connectivity index (χ4v) is 1.79. The average molecular weight is 284 g/mol. The molecule has 0 N–H and O–H groups in total. The van der Waals surface area contributed by atoms with Gasteiger partial charge in [0.2, 0.25) is 0 Å². The van der Waals surface area contributed by atoms with Gasteiger partial charge in [0.1, 0.15) is 11.0 Å². The molecule has 0 aliphatic heterocycles. The molecule has 0 spiro atoms. The lowest BCUT2D eigenvalue weighted by Gasteiger charge is -2.02. The van der Waals surface area contributed by atoms with E-state index in [0.717, 1.165) is 15.7 Å². The smallest absolute Gasteiger partial charge is 0.133 e. The molecule has 1 heterocycles. The lowest BCUT2D eigenvalue weighted by molar-refractivity contribution is 1.06. The topological polar surface area (TPSA) is 25.8 Å². The van der Waals surface area contributed by atoms with Crippen LogP contribution in [0.5, 0.6) is 0 Å². The molecular weight excluding hydrogens is 275 g/mol. The second-order valence-electron chi connectivity index (χ2n) is 3.13. The first-order chi connectivity index (χ1) is 7.15. The molecule has 0 unspecified atom stereocenters. The maximum absolute atomic E-state index is 5.87. The predicted octanol–water partition coefficient (Wildman–Crippen LogP) is 3.87. The lowest BCUT2D eigenvalue weighted by Crippen LogP contribution is -1.91. The molecule has 2 aromatic rings. The summed E-state index contributed by atoms with van der Waals surface area (Å²) in [6.07, 6.45) is 0. The summed E-state index contributed by atoms with van der Waals surface area (Å²) in [7, 11) is 0. The van der Waals surface area contributed by atoms with Gasteiger partial charge in [0.25, 0.3) is 0 Å². The van der Waals surface area contributed by atoms with Crippen LogP contribution in [0.4, 0.5) is 0 Å². The van der Waals surface area contributed by atoms with Gasteiger partial charge in [-0.05, 0) is 19.1 Å². The largest absolute Gasteiger partial charge is 0.233 e. The third-order valence-corrected chi connectivity index (χ3v) is 2.67. The molecule has 76 valence electrons. The summed E-state index contributed by atoms with van der Waals surface area (Å²) in [5.74, 6) is 0.681. The molecule has 0 bridgehead atoms. The van der Waals surface area contributed by atoms with E-state index in [1.165, 1.54) is 0 Å². The first-order valence-corrected chi connectivity index (χ1v) is 5.59. The maximum atomic E-state index is 5.87. The molecule has 0 saturated heterocycles. The number of nitrogens with zero attached hydrogens (tertiary/aromatic N) is 2. The van der Waals surface area contributed by atoms with Crippen molar-refractivity contribution in [3.63, 3.8) is 0 Å². The van der Waals surface area contributed by atoms with E-state index < -0.39 is 0 Å². The summed E-state index contributed by atoms with van der Waals surface area (Å²) in [6.45, 7) is 1.83. The van der Waals surface area contributed by atoms with Crippen molar-refractivity contribution in [3.05, 3.63) is 45.8 Å². The number of aromatic nitrogens is 2. The maximum Gasteiger partial charge on any atom is 0.133 e. The molecule has 1 aromatic carbocycles. The first kappa shape index (κ1) is 10.6. The molecule has 2 rings (SSSR count). The van der Waals surface area contributed by atoms with Crippen LogP contribution in [0.3, 0.4) is 0 Å². The molecule has 0 saturated carbocycles. The summed E-state index contributed by atoms with van der Waals surface area (Å²) in [6, 6.07) is 9.68. The average Bonchev–Trinajstić information content (AvgIpc) is 2.17. The van der Waals surface area contributed by atoms with Crippen molar-refractivity contribution in [1.29, 1.82) is 0 Å². The quantitative estimate of drug-likeness (QED) is 0.743. The van der Waals surface area contributed by atoms with Gasteiger partial charge in [0.15, 0.2) is 0 Å². The van der Waals surface area contributed by atoms with Crippen LogP contribution in [-0.4, -0.2) is 9.97 Å². The highest BCUT2D eigenvalue weighted by Gasteiger charge is 2.02. The summed E-state index contributed by atoms with van der Waals surface area (Å²) < 4.78 is 1.04. The zero-order valence-electron chi connectivity index (χ0n) is 8.04. The molecular formula is C11H8BrClN2. The van der Waals surface area contributed by atoms with Crippen molar-refractivity contribution >= 4 is 27.5 Å². The summed E-state index contributed by atoms with van der Waals surface area (Å²) >= 11 is 9.26. The third kappa shape index (κ3) is 2.55. The Bertz CT molecular complexity index is 462. The van der Waals surface area contributed by atoms with Crippen LogP contribution < -0.4 is 0 Å². The Balaban J connectivity index is 2.49. The van der Waals surface area contributed by atoms with E-state index >= 15 is 0 Å². The van der Waals surface area contributed by atoms with Crippen molar-refractivity contribution in [3.8, 4) is 11.3 Å². The zero-order valence-corrected chi connectivity index (χ0v) is 10.4. The van der Waals surface area contributed by atoms with E-state index in [9.17, 15) is 0 Å². The van der Waals surface area contributed by atoms with Crippen LogP contribution in [-0.2, 0) is 0 Å². The van der Waals surface area contributed by atoms with Gasteiger partial charge in [-0.1, -0.05) is 39.7 Å². The Morgan fingerprint density at radius 3 is 2.40 bits per heavy atom. The second-order valence-corrected chi connectivity index (χ2v) is 4.43. The number of halogens is 2. The van der Waals surface area contributed by atoms with Gasteiger partial charge in [-0.25, -0.2) is 9.97 Å². The van der Waals surface area contributed by atoms with Gasteiger partial charge < -0.3 is 0 Å². The van der Waals surface area contributed by atoms with Gasteiger partial charge in [-0.15, -0.1) is 0 Å². The Kier molecular flexibility index (Phi) is 3.03. The van der Waals surface area contributed by atoms with Crippen LogP contribution in [0.1, 0.15) is 5.82 Å². The monoisotopic (exact) mass is 282 g/mol. The number of benzene rings is 1. The molecule has 0 atom stereocenters. The predicted molar refractivity (Wildman–Crippen MR) is 64.9 cm³/mol. The number of rotatable bonds is 1. The highest BCUT2D eigenvalue weighted by Crippen LogP contribution is 2.21. The van der Waals surface area contributed by atoms with Crippen LogP contribution in [0, 0.1) is 6.92 Å². The van der Waals surface area contributed by atoms with Gasteiger partial charge in [-0.3, -0.25) is 0 Å².